The fourth-order valence-corrected chi connectivity index (χ4v) is 3.77. The average molecular weight is 348 g/mol. The summed E-state index contributed by atoms with van der Waals surface area (Å²) in [7, 11) is 0. The minimum Gasteiger partial charge on any atom is -0.361 e. The molecule has 3 nitrogen and oxygen atoms in total. The van der Waals surface area contributed by atoms with Gasteiger partial charge in [-0.05, 0) is 25.3 Å². The number of H-pyrrole nitrogens is 1. The predicted molar refractivity (Wildman–Crippen MR) is 89.7 cm³/mol. The Hall–Kier alpha value is -2.42. The maximum atomic E-state index is 14.3. The van der Waals surface area contributed by atoms with E-state index in [1.807, 2.05) is 0 Å². The highest BCUT2D eigenvalue weighted by Gasteiger charge is 2.63. The lowest BCUT2D eigenvalue weighted by atomic mass is 9.85. The first kappa shape index (κ1) is 17.4. The molecule has 2 aromatic rings. The topological polar surface area (TPSA) is 36.1 Å². The van der Waals surface area contributed by atoms with Crippen molar-refractivity contribution in [2.24, 2.45) is 0 Å². The van der Waals surface area contributed by atoms with E-state index in [9.17, 15) is 18.0 Å². The van der Waals surface area contributed by atoms with Gasteiger partial charge in [0.15, 0.2) is 5.54 Å². The number of likely N-dealkylation sites (tertiary alicyclic amines) is 1. The van der Waals surface area contributed by atoms with Gasteiger partial charge in [-0.25, -0.2) is 0 Å². The molecular formula is C19H19F3N2O. The molecule has 1 aromatic heterocycles. The van der Waals surface area contributed by atoms with Crippen LogP contribution in [0, 0.1) is 12.3 Å². The molecule has 3 rings (SSSR count). The van der Waals surface area contributed by atoms with E-state index >= 15 is 0 Å². The van der Waals surface area contributed by atoms with Gasteiger partial charge in [-0.2, -0.15) is 13.2 Å². The molecule has 1 aromatic carbocycles. The standard InChI is InChI=1S/C19H19F3N2O/c1-2-3-4-10-17(25)24-12-7-11-18(24,19(20,21)22)15-13-23-16-9-6-5-8-14(15)16/h1,5-6,8-9,13,23H,3-4,7,10-12H2. The second-order valence-corrected chi connectivity index (χ2v) is 6.31. The smallest absolute Gasteiger partial charge is 0.361 e. The third kappa shape index (κ3) is 2.78. The van der Waals surface area contributed by atoms with Gasteiger partial charge in [0, 0.05) is 42.0 Å². The van der Waals surface area contributed by atoms with Gasteiger partial charge >= 0.3 is 6.18 Å². The molecule has 0 aliphatic carbocycles. The number of nitrogens with one attached hydrogen (secondary N) is 1. The molecule has 1 amide bonds. The number of para-hydroxylation sites is 1. The van der Waals surface area contributed by atoms with Crippen LogP contribution in [0.25, 0.3) is 10.9 Å². The predicted octanol–water partition coefficient (Wildman–Crippen LogP) is 4.35. The van der Waals surface area contributed by atoms with Gasteiger partial charge in [0.25, 0.3) is 0 Å². The van der Waals surface area contributed by atoms with Crippen molar-refractivity contribution < 1.29 is 18.0 Å². The van der Waals surface area contributed by atoms with Gasteiger partial charge in [-0.3, -0.25) is 4.79 Å². The van der Waals surface area contributed by atoms with Crippen molar-refractivity contribution >= 4 is 16.8 Å². The molecule has 2 heterocycles. The lowest BCUT2D eigenvalue weighted by Gasteiger charge is -2.40. The number of aromatic nitrogens is 1. The van der Waals surface area contributed by atoms with Crippen LogP contribution in [0.5, 0.6) is 0 Å². The van der Waals surface area contributed by atoms with Gasteiger partial charge in [-0.1, -0.05) is 18.2 Å². The number of amides is 1. The van der Waals surface area contributed by atoms with Crippen molar-refractivity contribution in [2.75, 3.05) is 6.54 Å². The van der Waals surface area contributed by atoms with Crippen molar-refractivity contribution in [3.05, 3.63) is 36.0 Å². The number of hydrogen-bond acceptors (Lipinski definition) is 1. The van der Waals surface area contributed by atoms with E-state index in [0.29, 0.717) is 30.2 Å². The normalized spacial score (nSPS) is 20.8. The Morgan fingerprint density at radius 2 is 2.12 bits per heavy atom. The molecule has 1 N–H and O–H groups in total. The van der Waals surface area contributed by atoms with Crippen LogP contribution >= 0.6 is 0 Å². The summed E-state index contributed by atoms with van der Waals surface area (Å²) in [4.78, 5) is 16.5. The Bertz CT molecular complexity index is 818. The number of aromatic amines is 1. The molecule has 132 valence electrons. The van der Waals surface area contributed by atoms with Crippen molar-refractivity contribution in [1.29, 1.82) is 0 Å². The molecule has 6 heteroatoms. The lowest BCUT2D eigenvalue weighted by molar-refractivity contribution is -0.228. The van der Waals surface area contributed by atoms with Crippen LogP contribution in [0.4, 0.5) is 13.2 Å². The van der Waals surface area contributed by atoms with Gasteiger partial charge in [-0.15, -0.1) is 12.3 Å². The molecule has 0 saturated carbocycles. The van der Waals surface area contributed by atoms with E-state index in [-0.39, 0.29) is 24.9 Å². The number of nitrogens with zero attached hydrogens (tertiary/aromatic N) is 1. The number of fused-ring (bicyclic) bond motifs is 1. The maximum Gasteiger partial charge on any atom is 0.416 e. The summed E-state index contributed by atoms with van der Waals surface area (Å²) in [6, 6.07) is 6.86. The summed E-state index contributed by atoms with van der Waals surface area (Å²) < 4.78 is 42.8. The van der Waals surface area contributed by atoms with Crippen LogP contribution in [0.3, 0.4) is 0 Å². The Balaban J connectivity index is 2.07. The Morgan fingerprint density at radius 3 is 2.84 bits per heavy atom. The van der Waals surface area contributed by atoms with Crippen molar-refractivity contribution in [1.82, 2.24) is 9.88 Å². The highest BCUT2D eigenvalue weighted by Crippen LogP contribution is 2.52. The molecule has 0 bridgehead atoms. The number of alkyl halides is 3. The number of terminal acetylenes is 1. The summed E-state index contributed by atoms with van der Waals surface area (Å²) in [5.41, 5.74) is -1.52. The number of carbonyl (C=O) groups excluding carboxylic acids is 1. The maximum absolute atomic E-state index is 14.3. The van der Waals surface area contributed by atoms with Crippen molar-refractivity contribution in [2.45, 2.75) is 43.8 Å². The SMILES string of the molecule is C#CCCCC(=O)N1CCCC1(c1c[nH]c2ccccc12)C(F)(F)F. The molecule has 0 spiro atoms. The van der Waals surface area contributed by atoms with E-state index in [4.69, 9.17) is 6.42 Å². The zero-order chi connectivity index (χ0) is 18.1. The van der Waals surface area contributed by atoms with E-state index in [1.165, 1.54) is 6.20 Å². The highest BCUT2D eigenvalue weighted by molar-refractivity contribution is 5.86. The number of halogens is 3. The zero-order valence-electron chi connectivity index (χ0n) is 13.7. The molecule has 1 aliphatic heterocycles. The number of carbonyl (C=O) groups is 1. The van der Waals surface area contributed by atoms with Crippen LogP contribution in [0.2, 0.25) is 0 Å². The number of benzene rings is 1. The summed E-state index contributed by atoms with van der Waals surface area (Å²) in [6.07, 6.45) is 3.01. The fourth-order valence-electron chi connectivity index (χ4n) is 3.77. The van der Waals surface area contributed by atoms with E-state index < -0.39 is 17.6 Å². The fraction of sp³-hybridized carbons (Fsp3) is 0.421. The molecular weight excluding hydrogens is 329 g/mol. The van der Waals surface area contributed by atoms with E-state index in [2.05, 4.69) is 10.9 Å². The molecule has 25 heavy (non-hydrogen) atoms. The largest absolute Gasteiger partial charge is 0.416 e. The molecule has 1 aliphatic rings. The van der Waals surface area contributed by atoms with Gasteiger partial charge in [0.1, 0.15) is 0 Å². The first-order valence-corrected chi connectivity index (χ1v) is 8.29. The second-order valence-electron chi connectivity index (χ2n) is 6.31. The number of unbranched alkanes of at least 4 members (excludes halogenated alkanes) is 1. The Kier molecular flexibility index (Phi) is 4.51. The lowest BCUT2D eigenvalue weighted by Crippen LogP contribution is -2.54. The van der Waals surface area contributed by atoms with Crippen LogP contribution in [-0.2, 0) is 10.3 Å². The minimum atomic E-state index is -4.56. The molecule has 1 atom stereocenters. The quantitative estimate of drug-likeness (QED) is 0.647. The summed E-state index contributed by atoms with van der Waals surface area (Å²) >= 11 is 0. The molecule has 1 saturated heterocycles. The molecule has 1 fully saturated rings. The van der Waals surface area contributed by atoms with Gasteiger partial charge in [0.05, 0.1) is 0 Å². The van der Waals surface area contributed by atoms with Gasteiger partial charge < -0.3 is 9.88 Å². The zero-order valence-corrected chi connectivity index (χ0v) is 13.7. The van der Waals surface area contributed by atoms with Crippen LogP contribution in [0.1, 0.15) is 37.7 Å². The second kappa shape index (κ2) is 6.47. The highest BCUT2D eigenvalue weighted by atomic mass is 19.4. The average Bonchev–Trinajstić information content (AvgIpc) is 3.19. The first-order chi connectivity index (χ1) is 11.9. The molecule has 1 unspecified atom stereocenters. The third-order valence-electron chi connectivity index (χ3n) is 4.90. The Labute approximate surface area is 144 Å². The van der Waals surface area contributed by atoms with Crippen molar-refractivity contribution in [3.8, 4) is 12.3 Å². The molecule has 0 radical (unpaired) electrons. The van der Waals surface area contributed by atoms with Crippen molar-refractivity contribution in [3.63, 3.8) is 0 Å². The van der Waals surface area contributed by atoms with E-state index in [0.717, 1.165) is 4.90 Å². The Morgan fingerprint density at radius 1 is 1.36 bits per heavy atom. The number of hydrogen-bond donors (Lipinski definition) is 1. The monoisotopic (exact) mass is 348 g/mol. The third-order valence-corrected chi connectivity index (χ3v) is 4.90. The first-order valence-electron chi connectivity index (χ1n) is 8.29. The van der Waals surface area contributed by atoms with Crippen LogP contribution in [0.15, 0.2) is 30.5 Å². The van der Waals surface area contributed by atoms with Gasteiger partial charge in [0.2, 0.25) is 5.91 Å². The van der Waals surface area contributed by atoms with Crippen LogP contribution < -0.4 is 0 Å². The van der Waals surface area contributed by atoms with E-state index in [1.54, 1.807) is 24.3 Å². The summed E-state index contributed by atoms with van der Waals surface area (Å²) in [6.45, 7) is 0.105. The minimum absolute atomic E-state index is 0.0321. The number of rotatable bonds is 4. The summed E-state index contributed by atoms with van der Waals surface area (Å²) in [5, 5.41) is 0.503. The summed E-state index contributed by atoms with van der Waals surface area (Å²) in [5.74, 6) is 1.93. The van der Waals surface area contributed by atoms with Crippen LogP contribution in [-0.4, -0.2) is 28.5 Å².